The molecule has 3 N–H and O–H groups in total. The lowest BCUT2D eigenvalue weighted by Crippen LogP contribution is -2.11. The zero-order valence-corrected chi connectivity index (χ0v) is 10.6. The Morgan fingerprint density at radius 2 is 2.18 bits per heavy atom. The highest BCUT2D eigenvalue weighted by atomic mass is 79.9. The second-order valence-electron chi connectivity index (χ2n) is 3.27. The first kappa shape index (κ1) is 11.7. The van der Waals surface area contributed by atoms with Crippen molar-refractivity contribution in [1.82, 2.24) is 15.0 Å². The summed E-state index contributed by atoms with van der Waals surface area (Å²) in [5, 5.41) is 0. The number of nitrogens with one attached hydrogen (secondary N) is 1. The van der Waals surface area contributed by atoms with Gasteiger partial charge in [-0.1, -0.05) is 0 Å². The number of pyridine rings is 1. The van der Waals surface area contributed by atoms with Crippen molar-refractivity contribution in [3.05, 3.63) is 34.7 Å². The summed E-state index contributed by atoms with van der Waals surface area (Å²) in [5.74, 6) is 6.56. The van der Waals surface area contributed by atoms with Crippen molar-refractivity contribution in [3.8, 4) is 11.6 Å². The first-order chi connectivity index (χ1) is 8.19. The van der Waals surface area contributed by atoms with Gasteiger partial charge in [-0.05, 0) is 28.9 Å². The Labute approximate surface area is 106 Å². The van der Waals surface area contributed by atoms with Crippen LogP contribution in [0.15, 0.2) is 29.1 Å². The van der Waals surface area contributed by atoms with E-state index in [1.807, 2.05) is 6.92 Å². The molecule has 2 rings (SSSR count). The van der Waals surface area contributed by atoms with Crippen LogP contribution in [-0.2, 0) is 0 Å². The van der Waals surface area contributed by atoms with E-state index >= 15 is 0 Å². The molecule has 6 nitrogen and oxygen atoms in total. The fourth-order valence-corrected chi connectivity index (χ4v) is 1.50. The smallest absolute Gasteiger partial charge is 0.240 e. The molecule has 17 heavy (non-hydrogen) atoms. The number of nitrogen functional groups attached to an aromatic ring is 1. The van der Waals surface area contributed by atoms with Gasteiger partial charge in [0.25, 0.3) is 0 Å². The molecule has 0 bridgehead atoms. The van der Waals surface area contributed by atoms with Gasteiger partial charge in [-0.25, -0.2) is 10.8 Å². The Morgan fingerprint density at radius 1 is 1.35 bits per heavy atom. The number of aromatic nitrogens is 3. The highest BCUT2D eigenvalue weighted by Crippen LogP contribution is 2.24. The van der Waals surface area contributed by atoms with Gasteiger partial charge in [0.1, 0.15) is 5.75 Å². The molecular weight excluding hydrogens is 286 g/mol. The molecule has 0 atom stereocenters. The molecule has 88 valence electrons. The van der Waals surface area contributed by atoms with E-state index in [-0.39, 0.29) is 0 Å². The van der Waals surface area contributed by atoms with Crippen LogP contribution in [0.3, 0.4) is 0 Å². The number of hydrogen-bond donors (Lipinski definition) is 2. The predicted octanol–water partition coefficient (Wildman–Crippen LogP) is 2.02. The first-order valence-corrected chi connectivity index (χ1v) is 5.57. The molecule has 0 aliphatic rings. The van der Waals surface area contributed by atoms with Crippen LogP contribution in [0.1, 0.15) is 5.56 Å². The number of nitrogens with zero attached hydrogens (tertiary/aromatic N) is 3. The summed E-state index contributed by atoms with van der Waals surface area (Å²) in [6.07, 6.45) is 4.90. The minimum atomic E-state index is 0.300. The maximum absolute atomic E-state index is 5.59. The van der Waals surface area contributed by atoms with Gasteiger partial charge >= 0.3 is 0 Å². The maximum Gasteiger partial charge on any atom is 0.240 e. The van der Waals surface area contributed by atoms with Crippen LogP contribution in [0.5, 0.6) is 11.6 Å². The molecule has 0 aromatic carbocycles. The van der Waals surface area contributed by atoms with E-state index in [4.69, 9.17) is 10.6 Å². The topological polar surface area (TPSA) is 86.0 Å². The summed E-state index contributed by atoms with van der Waals surface area (Å²) in [6, 6.07) is 1.80. The fraction of sp³-hybridized carbons (Fsp3) is 0.100. The molecule has 0 amide bonds. The summed E-state index contributed by atoms with van der Waals surface area (Å²) in [4.78, 5) is 12.1. The van der Waals surface area contributed by atoms with Crippen LogP contribution in [0.25, 0.3) is 0 Å². The predicted molar refractivity (Wildman–Crippen MR) is 66.6 cm³/mol. The van der Waals surface area contributed by atoms with Gasteiger partial charge < -0.3 is 4.74 Å². The van der Waals surface area contributed by atoms with Crippen LogP contribution >= 0.6 is 15.9 Å². The van der Waals surface area contributed by atoms with Crippen molar-refractivity contribution < 1.29 is 4.74 Å². The van der Waals surface area contributed by atoms with Crippen LogP contribution < -0.4 is 16.0 Å². The van der Waals surface area contributed by atoms with E-state index in [0.29, 0.717) is 17.6 Å². The van der Waals surface area contributed by atoms with E-state index in [9.17, 15) is 0 Å². The van der Waals surface area contributed by atoms with Crippen molar-refractivity contribution in [2.24, 2.45) is 5.84 Å². The van der Waals surface area contributed by atoms with Gasteiger partial charge in [0.2, 0.25) is 11.8 Å². The Morgan fingerprint density at radius 3 is 2.88 bits per heavy atom. The van der Waals surface area contributed by atoms with Crippen LogP contribution in [0, 0.1) is 6.92 Å². The highest BCUT2D eigenvalue weighted by Gasteiger charge is 2.06. The molecule has 0 radical (unpaired) electrons. The Kier molecular flexibility index (Phi) is 3.50. The highest BCUT2D eigenvalue weighted by molar-refractivity contribution is 9.10. The van der Waals surface area contributed by atoms with Gasteiger partial charge in [0.15, 0.2) is 0 Å². The van der Waals surface area contributed by atoms with Crippen molar-refractivity contribution in [2.45, 2.75) is 6.92 Å². The Bertz CT molecular complexity index is 534. The monoisotopic (exact) mass is 295 g/mol. The number of rotatable bonds is 3. The van der Waals surface area contributed by atoms with E-state index in [0.717, 1.165) is 10.0 Å². The minimum absolute atomic E-state index is 0.300. The number of anilines is 1. The molecule has 2 heterocycles. The lowest BCUT2D eigenvalue weighted by molar-refractivity contribution is 0.455. The third-order valence-corrected chi connectivity index (χ3v) is 2.38. The van der Waals surface area contributed by atoms with Crippen molar-refractivity contribution in [3.63, 3.8) is 0 Å². The molecule has 0 spiro atoms. The second-order valence-corrected chi connectivity index (χ2v) is 4.18. The summed E-state index contributed by atoms with van der Waals surface area (Å²) in [6.45, 7) is 1.85. The molecular formula is C10H10BrN5O. The van der Waals surface area contributed by atoms with Gasteiger partial charge in [-0.2, -0.15) is 4.98 Å². The SMILES string of the molecule is Cc1cnc(NN)nc1Oc1cncc(Br)c1. The summed E-state index contributed by atoms with van der Waals surface area (Å²) >= 11 is 3.31. The molecule has 7 heteroatoms. The van der Waals surface area contributed by atoms with Crippen molar-refractivity contribution in [1.29, 1.82) is 0 Å². The molecule has 0 aliphatic heterocycles. The number of aryl methyl sites for hydroxylation is 1. The van der Waals surface area contributed by atoms with Gasteiger partial charge in [0, 0.05) is 22.4 Å². The number of halogens is 1. The third kappa shape index (κ3) is 2.89. The molecule has 0 aliphatic carbocycles. The zero-order valence-electron chi connectivity index (χ0n) is 9.01. The lowest BCUT2D eigenvalue weighted by atomic mass is 10.4. The average Bonchev–Trinajstić information content (AvgIpc) is 2.32. The Hall–Kier alpha value is -1.73. The van der Waals surface area contributed by atoms with Crippen molar-refractivity contribution in [2.75, 3.05) is 5.43 Å². The Balaban J connectivity index is 2.29. The average molecular weight is 296 g/mol. The third-order valence-electron chi connectivity index (χ3n) is 1.95. The van der Waals surface area contributed by atoms with Crippen LogP contribution in [0.4, 0.5) is 5.95 Å². The summed E-state index contributed by atoms with van der Waals surface area (Å²) < 4.78 is 6.43. The van der Waals surface area contributed by atoms with Crippen molar-refractivity contribution >= 4 is 21.9 Å². The van der Waals surface area contributed by atoms with E-state index < -0.39 is 0 Å². The minimum Gasteiger partial charge on any atom is -0.437 e. The lowest BCUT2D eigenvalue weighted by Gasteiger charge is -2.08. The van der Waals surface area contributed by atoms with Crippen LogP contribution in [-0.4, -0.2) is 15.0 Å². The first-order valence-electron chi connectivity index (χ1n) is 4.77. The number of nitrogens with two attached hydrogens (primary N) is 1. The summed E-state index contributed by atoms with van der Waals surface area (Å²) in [7, 11) is 0. The molecule has 0 saturated heterocycles. The normalized spacial score (nSPS) is 10.1. The van der Waals surface area contributed by atoms with Gasteiger partial charge in [-0.3, -0.25) is 10.4 Å². The fourth-order valence-electron chi connectivity index (χ4n) is 1.16. The molecule has 0 saturated carbocycles. The maximum atomic E-state index is 5.59. The number of hydrazine groups is 1. The molecule has 2 aromatic heterocycles. The van der Waals surface area contributed by atoms with E-state index in [1.165, 1.54) is 0 Å². The van der Waals surface area contributed by atoms with Crippen LogP contribution in [0.2, 0.25) is 0 Å². The number of hydrogen-bond acceptors (Lipinski definition) is 6. The van der Waals surface area contributed by atoms with E-state index in [1.54, 1.807) is 24.7 Å². The largest absolute Gasteiger partial charge is 0.437 e. The summed E-state index contributed by atoms with van der Waals surface area (Å²) in [5.41, 5.74) is 3.17. The quantitative estimate of drug-likeness (QED) is 0.665. The molecule has 2 aromatic rings. The molecule has 0 fully saturated rings. The second kappa shape index (κ2) is 5.07. The molecule has 0 unspecified atom stereocenters. The van der Waals surface area contributed by atoms with Gasteiger partial charge in [0.05, 0.1) is 6.20 Å². The number of ether oxygens (including phenoxy) is 1. The van der Waals surface area contributed by atoms with E-state index in [2.05, 4.69) is 36.3 Å². The zero-order chi connectivity index (χ0) is 12.3. The van der Waals surface area contributed by atoms with Gasteiger partial charge in [-0.15, -0.1) is 0 Å². The standard InChI is InChI=1S/C10H10BrN5O/c1-6-3-14-10(16-12)15-9(6)17-8-2-7(11)4-13-5-8/h2-5H,12H2,1H3,(H,14,15,16).